The first kappa shape index (κ1) is 11.6. The minimum absolute atomic E-state index is 0.562. The van der Waals surface area contributed by atoms with Gasteiger partial charge in [-0.3, -0.25) is 4.68 Å². The number of nitrogens with one attached hydrogen (secondary N) is 1. The molecule has 2 atom stereocenters. The van der Waals surface area contributed by atoms with Gasteiger partial charge in [-0.2, -0.15) is 5.10 Å². The van der Waals surface area contributed by atoms with Crippen molar-refractivity contribution in [3.63, 3.8) is 0 Å². The Labute approximate surface area is 98.2 Å². The second-order valence-electron chi connectivity index (χ2n) is 4.82. The number of nitrogens with zero attached hydrogens (tertiary/aromatic N) is 2. The van der Waals surface area contributed by atoms with Gasteiger partial charge in [-0.15, -0.1) is 0 Å². The van der Waals surface area contributed by atoms with E-state index in [2.05, 4.69) is 36.8 Å². The van der Waals surface area contributed by atoms with Crippen LogP contribution in [0.5, 0.6) is 0 Å². The zero-order valence-corrected chi connectivity index (χ0v) is 10.7. The standard InChI is InChI=1S/C13H23N3/c1-4-11-8-12(5-2)16(15-11)13-7-6-10(3)14-9-13/h8,10,13-14H,4-7,9H2,1-3H3. The van der Waals surface area contributed by atoms with Crippen molar-refractivity contribution in [2.75, 3.05) is 6.54 Å². The number of aryl methyl sites for hydroxylation is 2. The third-order valence-corrected chi connectivity index (χ3v) is 3.57. The molecule has 0 radical (unpaired) electrons. The topological polar surface area (TPSA) is 29.9 Å². The molecule has 2 rings (SSSR count). The van der Waals surface area contributed by atoms with Gasteiger partial charge in [0.1, 0.15) is 0 Å². The van der Waals surface area contributed by atoms with Crippen LogP contribution in [0.2, 0.25) is 0 Å². The molecule has 16 heavy (non-hydrogen) atoms. The maximum atomic E-state index is 4.72. The number of hydrogen-bond acceptors (Lipinski definition) is 2. The van der Waals surface area contributed by atoms with Crippen molar-refractivity contribution in [2.45, 2.75) is 58.5 Å². The lowest BCUT2D eigenvalue weighted by Crippen LogP contribution is -2.38. The van der Waals surface area contributed by atoms with Crippen LogP contribution in [0.25, 0.3) is 0 Å². The number of piperidine rings is 1. The molecule has 2 unspecified atom stereocenters. The summed E-state index contributed by atoms with van der Waals surface area (Å²) in [5.74, 6) is 0. The molecule has 0 aliphatic carbocycles. The average Bonchev–Trinajstić information content (AvgIpc) is 2.73. The molecular formula is C13H23N3. The van der Waals surface area contributed by atoms with Crippen LogP contribution in [-0.4, -0.2) is 22.4 Å². The van der Waals surface area contributed by atoms with Crippen molar-refractivity contribution in [1.29, 1.82) is 0 Å². The molecule has 0 saturated carbocycles. The highest BCUT2D eigenvalue weighted by Gasteiger charge is 2.21. The van der Waals surface area contributed by atoms with Gasteiger partial charge < -0.3 is 5.32 Å². The minimum Gasteiger partial charge on any atom is -0.312 e. The normalized spacial score (nSPS) is 25.9. The Morgan fingerprint density at radius 3 is 2.75 bits per heavy atom. The van der Waals surface area contributed by atoms with Gasteiger partial charge in [-0.05, 0) is 38.7 Å². The van der Waals surface area contributed by atoms with E-state index in [0.717, 1.165) is 19.4 Å². The summed E-state index contributed by atoms with van der Waals surface area (Å²) in [5, 5.41) is 8.27. The summed E-state index contributed by atoms with van der Waals surface area (Å²) in [4.78, 5) is 0. The van der Waals surface area contributed by atoms with Crippen LogP contribution in [0.3, 0.4) is 0 Å². The molecule has 3 nitrogen and oxygen atoms in total. The summed E-state index contributed by atoms with van der Waals surface area (Å²) >= 11 is 0. The van der Waals surface area contributed by atoms with Crippen LogP contribution in [0.1, 0.15) is 51.0 Å². The fourth-order valence-electron chi connectivity index (χ4n) is 2.44. The maximum Gasteiger partial charge on any atom is 0.0647 e. The van der Waals surface area contributed by atoms with Gasteiger partial charge in [-0.25, -0.2) is 0 Å². The second kappa shape index (κ2) is 5.00. The first-order chi connectivity index (χ1) is 7.74. The zero-order valence-electron chi connectivity index (χ0n) is 10.7. The minimum atomic E-state index is 0.562. The van der Waals surface area contributed by atoms with Crippen LogP contribution >= 0.6 is 0 Å². The van der Waals surface area contributed by atoms with Gasteiger partial charge in [0.2, 0.25) is 0 Å². The lowest BCUT2D eigenvalue weighted by molar-refractivity contribution is 0.297. The number of aromatic nitrogens is 2. The largest absolute Gasteiger partial charge is 0.312 e. The molecule has 0 amide bonds. The van der Waals surface area contributed by atoms with E-state index in [0.29, 0.717) is 12.1 Å². The smallest absolute Gasteiger partial charge is 0.0647 e. The summed E-state index contributed by atoms with van der Waals surface area (Å²) in [6.45, 7) is 7.72. The second-order valence-corrected chi connectivity index (χ2v) is 4.82. The Kier molecular flexibility index (Phi) is 3.64. The van der Waals surface area contributed by atoms with Gasteiger partial charge in [0.05, 0.1) is 11.7 Å². The van der Waals surface area contributed by atoms with Crippen LogP contribution in [0.15, 0.2) is 6.07 Å². The van der Waals surface area contributed by atoms with Crippen LogP contribution in [-0.2, 0) is 12.8 Å². The summed E-state index contributed by atoms with van der Waals surface area (Å²) in [6, 6.07) is 3.49. The molecule has 1 aliphatic heterocycles. The highest BCUT2D eigenvalue weighted by molar-refractivity contribution is 5.11. The van der Waals surface area contributed by atoms with E-state index >= 15 is 0 Å². The summed E-state index contributed by atoms with van der Waals surface area (Å²) in [5.41, 5.74) is 2.62. The van der Waals surface area contributed by atoms with Gasteiger partial charge in [0.15, 0.2) is 0 Å². The third kappa shape index (κ3) is 2.29. The van der Waals surface area contributed by atoms with Crippen molar-refractivity contribution >= 4 is 0 Å². The molecule has 0 spiro atoms. The van der Waals surface area contributed by atoms with E-state index in [1.165, 1.54) is 24.2 Å². The monoisotopic (exact) mass is 221 g/mol. The lowest BCUT2D eigenvalue weighted by Gasteiger charge is -2.28. The zero-order chi connectivity index (χ0) is 11.5. The predicted molar refractivity (Wildman–Crippen MR) is 66.7 cm³/mol. The Morgan fingerprint density at radius 1 is 1.38 bits per heavy atom. The first-order valence-corrected chi connectivity index (χ1v) is 6.55. The van der Waals surface area contributed by atoms with E-state index in [4.69, 9.17) is 5.10 Å². The average molecular weight is 221 g/mol. The van der Waals surface area contributed by atoms with Crippen LogP contribution in [0, 0.1) is 0 Å². The maximum absolute atomic E-state index is 4.72. The quantitative estimate of drug-likeness (QED) is 0.849. The van der Waals surface area contributed by atoms with Crippen molar-refractivity contribution in [1.82, 2.24) is 15.1 Å². The van der Waals surface area contributed by atoms with Crippen molar-refractivity contribution in [2.24, 2.45) is 0 Å². The Hall–Kier alpha value is -0.830. The summed E-state index contributed by atoms with van der Waals surface area (Å²) in [6.07, 6.45) is 4.64. The fraction of sp³-hybridized carbons (Fsp3) is 0.769. The molecule has 3 heteroatoms. The first-order valence-electron chi connectivity index (χ1n) is 6.55. The molecular weight excluding hydrogens is 198 g/mol. The SMILES string of the molecule is CCc1cc(CC)n(C2CCC(C)NC2)n1. The molecule has 1 aromatic rings. The Morgan fingerprint density at radius 2 is 2.19 bits per heavy atom. The van der Waals surface area contributed by atoms with Gasteiger partial charge >= 0.3 is 0 Å². The molecule has 1 N–H and O–H groups in total. The van der Waals surface area contributed by atoms with Crippen molar-refractivity contribution in [3.8, 4) is 0 Å². The predicted octanol–water partition coefficient (Wildman–Crippen LogP) is 2.32. The fourth-order valence-corrected chi connectivity index (χ4v) is 2.44. The van der Waals surface area contributed by atoms with Crippen molar-refractivity contribution < 1.29 is 0 Å². The molecule has 1 aliphatic rings. The number of hydrogen-bond donors (Lipinski definition) is 1. The van der Waals surface area contributed by atoms with E-state index in [9.17, 15) is 0 Å². The molecule has 1 aromatic heterocycles. The Bertz CT molecular complexity index is 335. The van der Waals surface area contributed by atoms with E-state index < -0.39 is 0 Å². The van der Waals surface area contributed by atoms with Gasteiger partial charge in [-0.1, -0.05) is 13.8 Å². The lowest BCUT2D eigenvalue weighted by atomic mass is 10.0. The van der Waals surface area contributed by atoms with E-state index in [1.54, 1.807) is 0 Å². The van der Waals surface area contributed by atoms with Gasteiger partial charge in [0.25, 0.3) is 0 Å². The third-order valence-electron chi connectivity index (χ3n) is 3.57. The number of rotatable bonds is 3. The van der Waals surface area contributed by atoms with Crippen molar-refractivity contribution in [3.05, 3.63) is 17.5 Å². The molecule has 0 aromatic carbocycles. The van der Waals surface area contributed by atoms with Gasteiger partial charge in [0, 0.05) is 18.3 Å². The van der Waals surface area contributed by atoms with E-state index in [-0.39, 0.29) is 0 Å². The summed E-state index contributed by atoms with van der Waals surface area (Å²) in [7, 11) is 0. The molecule has 1 saturated heterocycles. The molecule has 1 fully saturated rings. The summed E-state index contributed by atoms with van der Waals surface area (Å²) < 4.78 is 2.26. The van der Waals surface area contributed by atoms with Crippen LogP contribution in [0.4, 0.5) is 0 Å². The molecule has 0 bridgehead atoms. The highest BCUT2D eigenvalue weighted by Crippen LogP contribution is 2.21. The molecule has 90 valence electrons. The van der Waals surface area contributed by atoms with Crippen LogP contribution < -0.4 is 5.32 Å². The highest BCUT2D eigenvalue weighted by atomic mass is 15.3. The van der Waals surface area contributed by atoms with E-state index in [1.807, 2.05) is 0 Å². The molecule has 2 heterocycles. The Balaban J connectivity index is 2.15.